The molecule has 1 rings (SSSR count). The van der Waals surface area contributed by atoms with Crippen LogP contribution in [0.15, 0.2) is 36.9 Å². The van der Waals surface area contributed by atoms with E-state index in [1.54, 1.807) is 6.08 Å². The minimum atomic E-state index is -0.0319. The number of aryl methyl sites for hydroxylation is 1. The summed E-state index contributed by atoms with van der Waals surface area (Å²) in [6, 6.07) is 8.14. The van der Waals surface area contributed by atoms with Gasteiger partial charge in [0.25, 0.3) is 0 Å². The van der Waals surface area contributed by atoms with Gasteiger partial charge in [-0.25, -0.2) is 0 Å². The predicted molar refractivity (Wildman–Crippen MR) is 48.3 cm³/mol. The summed E-state index contributed by atoms with van der Waals surface area (Å²) in [6.07, 6.45) is 1.74. The standard InChI is InChI=1S/C10H13N/c1-3-10(11)9-6-4-8(2)5-7-9/h3-7,10H,1,11H2,2H3. The Morgan fingerprint density at radius 2 is 1.91 bits per heavy atom. The van der Waals surface area contributed by atoms with Crippen LogP contribution in [-0.4, -0.2) is 0 Å². The Morgan fingerprint density at radius 3 is 2.36 bits per heavy atom. The summed E-state index contributed by atoms with van der Waals surface area (Å²) in [5, 5.41) is 0. The van der Waals surface area contributed by atoms with Crippen LogP contribution in [0.2, 0.25) is 0 Å². The van der Waals surface area contributed by atoms with E-state index in [2.05, 4.69) is 25.6 Å². The highest BCUT2D eigenvalue weighted by molar-refractivity contribution is 5.25. The van der Waals surface area contributed by atoms with E-state index in [1.807, 2.05) is 12.1 Å². The van der Waals surface area contributed by atoms with Crippen molar-refractivity contribution in [2.45, 2.75) is 13.0 Å². The Hall–Kier alpha value is -1.08. The smallest absolute Gasteiger partial charge is 0.0478 e. The van der Waals surface area contributed by atoms with Crippen molar-refractivity contribution in [1.82, 2.24) is 0 Å². The molecule has 0 aliphatic rings. The van der Waals surface area contributed by atoms with Crippen molar-refractivity contribution >= 4 is 0 Å². The van der Waals surface area contributed by atoms with Gasteiger partial charge in [0.1, 0.15) is 0 Å². The SMILES string of the molecule is C=CC(N)c1ccc(C)cc1. The summed E-state index contributed by atoms with van der Waals surface area (Å²) in [5.41, 5.74) is 8.10. The highest BCUT2D eigenvalue weighted by Crippen LogP contribution is 2.11. The molecule has 0 saturated heterocycles. The van der Waals surface area contributed by atoms with E-state index in [0.29, 0.717) is 0 Å². The van der Waals surface area contributed by atoms with Crippen LogP contribution in [0.25, 0.3) is 0 Å². The summed E-state index contributed by atoms with van der Waals surface area (Å²) >= 11 is 0. The summed E-state index contributed by atoms with van der Waals surface area (Å²) < 4.78 is 0. The van der Waals surface area contributed by atoms with Crippen molar-refractivity contribution < 1.29 is 0 Å². The second-order valence-corrected chi connectivity index (χ2v) is 2.67. The second-order valence-electron chi connectivity index (χ2n) is 2.67. The fraction of sp³-hybridized carbons (Fsp3) is 0.200. The van der Waals surface area contributed by atoms with E-state index in [-0.39, 0.29) is 6.04 Å². The van der Waals surface area contributed by atoms with Gasteiger partial charge < -0.3 is 5.73 Å². The second kappa shape index (κ2) is 3.35. The van der Waals surface area contributed by atoms with Crippen LogP contribution in [-0.2, 0) is 0 Å². The molecule has 0 aromatic heterocycles. The lowest BCUT2D eigenvalue weighted by Gasteiger charge is -2.05. The van der Waals surface area contributed by atoms with Crippen LogP contribution in [0.1, 0.15) is 17.2 Å². The molecule has 2 N–H and O–H groups in total. The third-order valence-electron chi connectivity index (χ3n) is 1.72. The minimum absolute atomic E-state index is 0.0319. The first-order chi connectivity index (χ1) is 5.24. The molecule has 0 aliphatic heterocycles. The quantitative estimate of drug-likeness (QED) is 0.637. The largest absolute Gasteiger partial charge is 0.321 e. The summed E-state index contributed by atoms with van der Waals surface area (Å²) in [7, 11) is 0. The fourth-order valence-corrected chi connectivity index (χ4v) is 0.925. The number of benzene rings is 1. The molecule has 0 radical (unpaired) electrons. The molecule has 0 spiro atoms. The molecular weight excluding hydrogens is 134 g/mol. The Bertz CT molecular complexity index is 236. The van der Waals surface area contributed by atoms with Crippen molar-refractivity contribution in [1.29, 1.82) is 0 Å². The number of hydrogen-bond donors (Lipinski definition) is 1. The lowest BCUT2D eigenvalue weighted by Crippen LogP contribution is -2.05. The van der Waals surface area contributed by atoms with Crippen LogP contribution < -0.4 is 5.73 Å². The van der Waals surface area contributed by atoms with Crippen LogP contribution in [0.4, 0.5) is 0 Å². The topological polar surface area (TPSA) is 26.0 Å². The van der Waals surface area contributed by atoms with Crippen molar-refractivity contribution in [2.75, 3.05) is 0 Å². The number of rotatable bonds is 2. The van der Waals surface area contributed by atoms with E-state index < -0.39 is 0 Å². The van der Waals surface area contributed by atoms with Crippen molar-refractivity contribution in [3.05, 3.63) is 48.0 Å². The van der Waals surface area contributed by atoms with Gasteiger partial charge in [0, 0.05) is 6.04 Å². The molecule has 0 aliphatic carbocycles. The van der Waals surface area contributed by atoms with Gasteiger partial charge in [-0.15, -0.1) is 6.58 Å². The molecule has 1 aromatic rings. The van der Waals surface area contributed by atoms with Gasteiger partial charge >= 0.3 is 0 Å². The maximum absolute atomic E-state index is 5.73. The normalized spacial score (nSPS) is 12.5. The molecule has 1 nitrogen and oxygen atoms in total. The highest BCUT2D eigenvalue weighted by Gasteiger charge is 1.98. The first kappa shape index (κ1) is 8.02. The molecule has 1 atom stereocenters. The third kappa shape index (κ3) is 1.92. The molecule has 11 heavy (non-hydrogen) atoms. The highest BCUT2D eigenvalue weighted by atomic mass is 14.6. The molecule has 58 valence electrons. The minimum Gasteiger partial charge on any atom is -0.321 e. The van der Waals surface area contributed by atoms with Crippen molar-refractivity contribution in [2.24, 2.45) is 5.73 Å². The van der Waals surface area contributed by atoms with Gasteiger partial charge in [-0.2, -0.15) is 0 Å². The van der Waals surface area contributed by atoms with E-state index in [4.69, 9.17) is 5.73 Å². The molecule has 0 bridgehead atoms. The van der Waals surface area contributed by atoms with Gasteiger partial charge in [0.05, 0.1) is 0 Å². The summed E-state index contributed by atoms with van der Waals surface area (Å²) in [4.78, 5) is 0. The fourth-order valence-electron chi connectivity index (χ4n) is 0.925. The molecular formula is C10H13N. The van der Waals surface area contributed by atoms with E-state index in [1.165, 1.54) is 5.56 Å². The van der Waals surface area contributed by atoms with Crippen LogP contribution >= 0.6 is 0 Å². The lowest BCUT2D eigenvalue weighted by atomic mass is 10.1. The van der Waals surface area contributed by atoms with Crippen molar-refractivity contribution in [3.63, 3.8) is 0 Å². The molecule has 0 saturated carbocycles. The maximum atomic E-state index is 5.73. The lowest BCUT2D eigenvalue weighted by molar-refractivity contribution is 0.913. The van der Waals surface area contributed by atoms with Gasteiger partial charge in [0.2, 0.25) is 0 Å². The Labute approximate surface area is 67.5 Å². The van der Waals surface area contributed by atoms with E-state index in [0.717, 1.165) is 5.56 Å². The average molecular weight is 147 g/mol. The molecule has 0 heterocycles. The Morgan fingerprint density at radius 1 is 1.36 bits per heavy atom. The van der Waals surface area contributed by atoms with Gasteiger partial charge in [0.15, 0.2) is 0 Å². The van der Waals surface area contributed by atoms with Crippen LogP contribution in [0.5, 0.6) is 0 Å². The van der Waals surface area contributed by atoms with Crippen molar-refractivity contribution in [3.8, 4) is 0 Å². The van der Waals surface area contributed by atoms with Gasteiger partial charge in [-0.05, 0) is 12.5 Å². The van der Waals surface area contributed by atoms with Crippen LogP contribution in [0, 0.1) is 6.92 Å². The maximum Gasteiger partial charge on any atom is 0.0478 e. The third-order valence-corrected chi connectivity index (χ3v) is 1.72. The van der Waals surface area contributed by atoms with Gasteiger partial charge in [-0.1, -0.05) is 35.9 Å². The first-order valence-electron chi connectivity index (χ1n) is 3.68. The van der Waals surface area contributed by atoms with Gasteiger partial charge in [-0.3, -0.25) is 0 Å². The molecule has 1 unspecified atom stereocenters. The zero-order chi connectivity index (χ0) is 8.27. The zero-order valence-electron chi connectivity index (χ0n) is 6.75. The summed E-state index contributed by atoms with van der Waals surface area (Å²) in [6.45, 7) is 5.69. The van der Waals surface area contributed by atoms with E-state index >= 15 is 0 Å². The summed E-state index contributed by atoms with van der Waals surface area (Å²) in [5.74, 6) is 0. The zero-order valence-corrected chi connectivity index (χ0v) is 6.75. The van der Waals surface area contributed by atoms with E-state index in [9.17, 15) is 0 Å². The molecule has 0 amide bonds. The molecule has 1 heteroatoms. The Balaban J connectivity index is 2.89. The number of hydrogen-bond acceptors (Lipinski definition) is 1. The molecule has 0 fully saturated rings. The monoisotopic (exact) mass is 147 g/mol. The average Bonchev–Trinajstić information content (AvgIpc) is 2.05. The predicted octanol–water partition coefficient (Wildman–Crippen LogP) is 2.18. The molecule has 1 aromatic carbocycles. The Kier molecular flexibility index (Phi) is 2.44. The number of nitrogens with two attached hydrogens (primary N) is 1. The first-order valence-corrected chi connectivity index (χ1v) is 3.68. The van der Waals surface area contributed by atoms with Crippen LogP contribution in [0.3, 0.4) is 0 Å².